The molecule has 3 aromatic rings. The molecule has 0 spiro atoms. The van der Waals surface area contributed by atoms with E-state index in [0.717, 1.165) is 30.5 Å². The molecule has 0 saturated heterocycles. The van der Waals surface area contributed by atoms with E-state index >= 15 is 0 Å². The topological polar surface area (TPSA) is 90.0 Å². The van der Waals surface area contributed by atoms with Gasteiger partial charge in [0, 0.05) is 42.0 Å². The fraction of sp³-hybridized carbons (Fsp3) is 0.385. The molecule has 2 aliphatic carbocycles. The molecule has 2 aliphatic rings. The maximum absolute atomic E-state index is 12.9. The monoisotopic (exact) mass is 484 g/mol. The van der Waals surface area contributed by atoms with Crippen LogP contribution in [-0.2, 0) is 17.5 Å². The number of hydrogen-bond acceptors (Lipinski definition) is 4. The van der Waals surface area contributed by atoms with Gasteiger partial charge in [-0.2, -0.15) is 13.2 Å². The Kier molecular flexibility index (Phi) is 6.37. The highest BCUT2D eigenvalue weighted by Crippen LogP contribution is 2.40. The summed E-state index contributed by atoms with van der Waals surface area (Å²) >= 11 is 0. The first-order valence-electron chi connectivity index (χ1n) is 11.8. The summed E-state index contributed by atoms with van der Waals surface area (Å²) in [6.07, 6.45) is -1.31. The Labute approximate surface area is 201 Å². The number of carbonyl (C=O) groups is 1. The Morgan fingerprint density at radius 2 is 1.80 bits per heavy atom. The molecule has 6 nitrogen and oxygen atoms in total. The minimum atomic E-state index is -4.38. The third kappa shape index (κ3) is 5.26. The van der Waals surface area contributed by atoms with Gasteiger partial charge in [0.05, 0.1) is 17.6 Å². The van der Waals surface area contributed by atoms with Gasteiger partial charge in [-0.3, -0.25) is 4.79 Å². The fourth-order valence-corrected chi connectivity index (χ4v) is 4.76. The minimum Gasteiger partial charge on any atom is -0.392 e. The molecule has 0 bridgehead atoms. The van der Waals surface area contributed by atoms with Gasteiger partial charge in [0.15, 0.2) is 0 Å². The van der Waals surface area contributed by atoms with E-state index in [1.807, 2.05) is 30.3 Å². The van der Waals surface area contributed by atoms with Crippen LogP contribution in [0.5, 0.6) is 0 Å². The van der Waals surface area contributed by atoms with Crippen LogP contribution in [0.1, 0.15) is 42.0 Å². The van der Waals surface area contributed by atoms with Crippen molar-refractivity contribution in [2.45, 2.75) is 56.1 Å². The molecular formula is C26H27F3N4O2. The molecule has 0 aliphatic heterocycles. The highest BCUT2D eigenvalue weighted by molar-refractivity contribution is 5.80. The molecular weight excluding hydrogens is 457 g/mol. The zero-order valence-corrected chi connectivity index (χ0v) is 18.9. The molecule has 0 unspecified atom stereocenters. The van der Waals surface area contributed by atoms with E-state index in [-0.39, 0.29) is 18.0 Å². The van der Waals surface area contributed by atoms with Crippen molar-refractivity contribution in [2.75, 3.05) is 0 Å². The van der Waals surface area contributed by atoms with E-state index in [4.69, 9.17) is 0 Å². The second-order valence-corrected chi connectivity index (χ2v) is 9.38. The maximum atomic E-state index is 12.9. The predicted molar refractivity (Wildman–Crippen MR) is 124 cm³/mol. The van der Waals surface area contributed by atoms with E-state index in [0.29, 0.717) is 30.0 Å². The molecule has 1 aromatic heterocycles. The third-order valence-electron chi connectivity index (χ3n) is 6.83. The predicted octanol–water partition coefficient (Wildman–Crippen LogP) is 4.00. The lowest BCUT2D eigenvalue weighted by atomic mass is 9.96. The summed E-state index contributed by atoms with van der Waals surface area (Å²) < 4.78 is 38.6. The number of amides is 1. The molecule has 1 heterocycles. The maximum Gasteiger partial charge on any atom is 0.416 e. The van der Waals surface area contributed by atoms with Gasteiger partial charge in [0.25, 0.3) is 0 Å². The summed E-state index contributed by atoms with van der Waals surface area (Å²) in [6, 6.07) is 14.5. The van der Waals surface area contributed by atoms with Crippen molar-refractivity contribution in [3.05, 3.63) is 77.6 Å². The van der Waals surface area contributed by atoms with Crippen molar-refractivity contribution in [3.8, 4) is 11.4 Å². The number of benzene rings is 2. The second-order valence-electron chi connectivity index (χ2n) is 9.38. The standard InChI is InChI=1S/C26H27F3N4O2/c27-26(28,29)17-8-6-15(7-9-17)13-30-20-12-19(25(35)32-18-10-11-18)23(34)22(20)21-14-31-24(33-21)16-4-2-1-3-5-16/h1-9,14,18-20,22-23,30,34H,10-13H2,(H,31,33)(H,32,35)/t19-,20+,22+,23+/m0/s1. The molecule has 35 heavy (non-hydrogen) atoms. The second kappa shape index (κ2) is 9.47. The van der Waals surface area contributed by atoms with Gasteiger partial charge in [0.1, 0.15) is 5.82 Å². The van der Waals surface area contributed by atoms with E-state index in [1.54, 1.807) is 6.20 Å². The van der Waals surface area contributed by atoms with E-state index < -0.39 is 29.7 Å². The molecule has 4 atom stereocenters. The Bertz CT molecular complexity index is 1160. The number of nitrogens with one attached hydrogen (secondary N) is 3. The summed E-state index contributed by atoms with van der Waals surface area (Å²) in [7, 11) is 0. The first kappa shape index (κ1) is 23.6. The van der Waals surface area contributed by atoms with Gasteiger partial charge in [-0.1, -0.05) is 42.5 Å². The van der Waals surface area contributed by atoms with Crippen LogP contribution < -0.4 is 10.6 Å². The van der Waals surface area contributed by atoms with Gasteiger partial charge < -0.3 is 20.7 Å². The van der Waals surface area contributed by atoms with Crippen molar-refractivity contribution in [3.63, 3.8) is 0 Å². The molecule has 4 N–H and O–H groups in total. The molecule has 9 heteroatoms. The number of carbonyl (C=O) groups excluding carboxylic acids is 1. The Morgan fingerprint density at radius 1 is 1.09 bits per heavy atom. The number of alkyl halides is 3. The SMILES string of the molecule is O=C(NC1CC1)[C@H]1C[C@@H](NCc2ccc(C(F)(F)F)cc2)[C@H](c2cnc(-c3ccccc3)[nH]2)[C@@H]1O. The Balaban J connectivity index is 1.35. The van der Waals surface area contributed by atoms with Crippen LogP contribution in [0.2, 0.25) is 0 Å². The lowest BCUT2D eigenvalue weighted by Crippen LogP contribution is -2.37. The van der Waals surface area contributed by atoms with Crippen molar-refractivity contribution >= 4 is 5.91 Å². The van der Waals surface area contributed by atoms with Gasteiger partial charge in [0.2, 0.25) is 5.91 Å². The largest absolute Gasteiger partial charge is 0.416 e. The van der Waals surface area contributed by atoms with Crippen LogP contribution in [0.3, 0.4) is 0 Å². The van der Waals surface area contributed by atoms with Crippen molar-refractivity contribution in [2.24, 2.45) is 5.92 Å². The minimum absolute atomic E-state index is 0.161. The highest BCUT2D eigenvalue weighted by atomic mass is 19.4. The summed E-state index contributed by atoms with van der Waals surface area (Å²) in [4.78, 5) is 20.6. The van der Waals surface area contributed by atoms with Crippen molar-refractivity contribution in [1.82, 2.24) is 20.6 Å². The fourth-order valence-electron chi connectivity index (χ4n) is 4.76. The lowest BCUT2D eigenvalue weighted by Gasteiger charge is -2.22. The molecule has 2 aromatic carbocycles. The van der Waals surface area contributed by atoms with E-state index in [9.17, 15) is 23.1 Å². The number of imidazole rings is 1. The molecule has 2 saturated carbocycles. The van der Waals surface area contributed by atoms with E-state index in [1.165, 1.54) is 12.1 Å². The van der Waals surface area contributed by atoms with Crippen LogP contribution in [0.25, 0.3) is 11.4 Å². The smallest absolute Gasteiger partial charge is 0.392 e. The normalized spacial score (nSPS) is 24.5. The van der Waals surface area contributed by atoms with E-state index in [2.05, 4.69) is 20.6 Å². The Morgan fingerprint density at radius 3 is 2.46 bits per heavy atom. The summed E-state index contributed by atoms with van der Waals surface area (Å²) in [6.45, 7) is 0.308. The third-order valence-corrected chi connectivity index (χ3v) is 6.83. The molecule has 5 rings (SSSR count). The number of aliphatic hydroxyl groups is 1. The quantitative estimate of drug-likeness (QED) is 0.408. The number of halogens is 3. The van der Waals surface area contributed by atoms with Crippen molar-refractivity contribution < 1.29 is 23.1 Å². The number of aliphatic hydroxyl groups excluding tert-OH is 1. The Hall–Kier alpha value is -3.17. The van der Waals surface area contributed by atoms with Gasteiger partial charge in [-0.15, -0.1) is 0 Å². The molecule has 1 amide bonds. The number of hydrogen-bond donors (Lipinski definition) is 4. The zero-order valence-electron chi connectivity index (χ0n) is 18.9. The number of aromatic amines is 1. The van der Waals surface area contributed by atoms with Crippen LogP contribution in [0.4, 0.5) is 13.2 Å². The summed E-state index contributed by atoms with van der Waals surface area (Å²) in [5, 5.41) is 17.6. The highest BCUT2D eigenvalue weighted by Gasteiger charge is 2.47. The first-order chi connectivity index (χ1) is 16.8. The zero-order chi connectivity index (χ0) is 24.6. The average molecular weight is 485 g/mol. The van der Waals surface area contributed by atoms with Crippen LogP contribution in [0, 0.1) is 5.92 Å². The summed E-state index contributed by atoms with van der Waals surface area (Å²) in [5.74, 6) is -0.509. The molecule has 0 radical (unpaired) electrons. The average Bonchev–Trinajstić information content (AvgIpc) is 3.41. The lowest BCUT2D eigenvalue weighted by molar-refractivity contribution is -0.137. The number of aromatic nitrogens is 2. The van der Waals surface area contributed by atoms with Gasteiger partial charge in [-0.25, -0.2) is 4.98 Å². The molecule has 184 valence electrons. The number of nitrogens with zero attached hydrogens (tertiary/aromatic N) is 1. The first-order valence-corrected chi connectivity index (χ1v) is 11.8. The number of rotatable bonds is 7. The van der Waals surface area contributed by atoms with Crippen molar-refractivity contribution in [1.29, 1.82) is 0 Å². The van der Waals surface area contributed by atoms with Crippen LogP contribution in [-0.4, -0.2) is 39.2 Å². The van der Waals surface area contributed by atoms with Gasteiger partial charge in [-0.05, 0) is 37.0 Å². The summed E-state index contributed by atoms with van der Waals surface area (Å²) in [5.41, 5.74) is 1.61. The number of H-pyrrole nitrogens is 1. The van der Waals surface area contributed by atoms with Gasteiger partial charge >= 0.3 is 6.18 Å². The van der Waals surface area contributed by atoms with Crippen LogP contribution >= 0.6 is 0 Å². The van der Waals surface area contributed by atoms with Crippen LogP contribution in [0.15, 0.2) is 60.8 Å². The molecule has 2 fully saturated rings.